The van der Waals surface area contributed by atoms with Gasteiger partial charge in [-0.2, -0.15) is 0 Å². The van der Waals surface area contributed by atoms with E-state index < -0.39 is 0 Å². The van der Waals surface area contributed by atoms with Crippen LogP contribution < -0.4 is 9.64 Å². The first-order valence-electron chi connectivity index (χ1n) is 8.19. The zero-order chi connectivity index (χ0) is 17.8. The number of methoxy groups -OCH3 is 1. The highest BCUT2D eigenvalue weighted by atomic mass is 16.5. The topological polar surface area (TPSA) is 29.5 Å². The Balaban J connectivity index is 2.15. The zero-order valence-corrected chi connectivity index (χ0v) is 14.7. The van der Waals surface area contributed by atoms with Crippen molar-refractivity contribution in [3.8, 4) is 5.75 Å². The van der Waals surface area contributed by atoms with Crippen LogP contribution in [0.15, 0.2) is 66.7 Å². The molecule has 0 fully saturated rings. The fraction of sp³-hybridized carbons (Fsp3) is 0.136. The van der Waals surface area contributed by atoms with Gasteiger partial charge in [0.1, 0.15) is 5.75 Å². The Morgan fingerprint density at radius 3 is 1.68 bits per heavy atom. The number of hydrogen-bond donors (Lipinski definition) is 0. The molecule has 126 valence electrons. The first-order valence-corrected chi connectivity index (χ1v) is 8.19. The molecule has 0 saturated heterocycles. The van der Waals surface area contributed by atoms with Crippen LogP contribution >= 0.6 is 0 Å². The van der Waals surface area contributed by atoms with Crippen LogP contribution in [0.2, 0.25) is 0 Å². The van der Waals surface area contributed by atoms with Gasteiger partial charge in [-0.1, -0.05) is 35.4 Å². The van der Waals surface area contributed by atoms with Gasteiger partial charge in [0.2, 0.25) is 0 Å². The van der Waals surface area contributed by atoms with Crippen molar-refractivity contribution in [2.75, 3.05) is 12.0 Å². The molecule has 0 spiro atoms. The number of aldehydes is 1. The smallest absolute Gasteiger partial charge is 0.153 e. The first kappa shape index (κ1) is 16.8. The highest BCUT2D eigenvalue weighted by molar-refractivity contribution is 5.84. The molecule has 0 unspecified atom stereocenters. The Kier molecular flexibility index (Phi) is 4.85. The van der Waals surface area contributed by atoms with Crippen LogP contribution in [0.25, 0.3) is 0 Å². The molecule has 0 atom stereocenters. The van der Waals surface area contributed by atoms with Crippen molar-refractivity contribution in [2.45, 2.75) is 13.8 Å². The Labute approximate surface area is 148 Å². The number of carbonyl (C=O) groups is 1. The van der Waals surface area contributed by atoms with Crippen molar-refractivity contribution in [2.24, 2.45) is 0 Å². The van der Waals surface area contributed by atoms with Gasteiger partial charge in [0, 0.05) is 23.1 Å². The van der Waals surface area contributed by atoms with Crippen LogP contribution in [0.4, 0.5) is 17.1 Å². The third-order valence-electron chi connectivity index (χ3n) is 4.19. The lowest BCUT2D eigenvalue weighted by atomic mass is 10.1. The third kappa shape index (κ3) is 3.56. The molecule has 3 nitrogen and oxygen atoms in total. The molecule has 3 rings (SSSR count). The van der Waals surface area contributed by atoms with Crippen LogP contribution in [0.1, 0.15) is 21.5 Å². The molecule has 0 radical (unpaired) electrons. The fourth-order valence-electron chi connectivity index (χ4n) is 2.77. The molecule has 0 amide bonds. The third-order valence-corrected chi connectivity index (χ3v) is 4.19. The van der Waals surface area contributed by atoms with E-state index in [1.807, 2.05) is 12.1 Å². The summed E-state index contributed by atoms with van der Waals surface area (Å²) in [6, 6.07) is 22.4. The van der Waals surface area contributed by atoms with E-state index in [2.05, 4.69) is 67.3 Å². The molecule has 3 heteroatoms. The van der Waals surface area contributed by atoms with Gasteiger partial charge < -0.3 is 9.64 Å². The number of nitrogens with zero attached hydrogens (tertiary/aromatic N) is 1. The van der Waals surface area contributed by atoms with E-state index in [0.717, 1.165) is 23.3 Å². The first-order chi connectivity index (χ1) is 12.1. The van der Waals surface area contributed by atoms with Gasteiger partial charge in [-0.05, 0) is 50.2 Å². The van der Waals surface area contributed by atoms with E-state index in [4.69, 9.17) is 4.74 Å². The Morgan fingerprint density at radius 2 is 1.24 bits per heavy atom. The van der Waals surface area contributed by atoms with Crippen molar-refractivity contribution in [1.82, 2.24) is 0 Å². The average molecular weight is 331 g/mol. The lowest BCUT2D eigenvalue weighted by molar-refractivity contribution is 0.112. The van der Waals surface area contributed by atoms with Crippen LogP contribution in [-0.2, 0) is 0 Å². The zero-order valence-electron chi connectivity index (χ0n) is 14.7. The summed E-state index contributed by atoms with van der Waals surface area (Å²) in [5.74, 6) is 0.566. The van der Waals surface area contributed by atoms with Gasteiger partial charge in [0.15, 0.2) is 6.29 Å². The minimum Gasteiger partial charge on any atom is -0.496 e. The predicted molar refractivity (Wildman–Crippen MR) is 103 cm³/mol. The van der Waals surface area contributed by atoms with Gasteiger partial charge >= 0.3 is 0 Å². The fourth-order valence-corrected chi connectivity index (χ4v) is 2.77. The molecule has 3 aromatic rings. The molecule has 0 aliphatic rings. The SMILES string of the molecule is COc1cc(N(c2ccc(C)cc2)c2ccc(C)cc2)ccc1C=O. The van der Waals surface area contributed by atoms with E-state index in [1.165, 1.54) is 11.1 Å². The maximum absolute atomic E-state index is 11.2. The monoisotopic (exact) mass is 331 g/mol. The van der Waals surface area contributed by atoms with E-state index >= 15 is 0 Å². The summed E-state index contributed by atoms with van der Waals surface area (Å²) in [5.41, 5.74) is 6.00. The lowest BCUT2D eigenvalue weighted by Crippen LogP contribution is -2.10. The van der Waals surface area contributed by atoms with E-state index in [9.17, 15) is 4.79 Å². The number of aryl methyl sites for hydroxylation is 2. The van der Waals surface area contributed by atoms with E-state index in [-0.39, 0.29) is 0 Å². The molecule has 0 N–H and O–H groups in total. The second kappa shape index (κ2) is 7.22. The summed E-state index contributed by atoms with van der Waals surface area (Å²) in [5, 5.41) is 0. The van der Waals surface area contributed by atoms with Crippen LogP contribution in [0.5, 0.6) is 5.75 Å². The Morgan fingerprint density at radius 1 is 0.760 bits per heavy atom. The molecular weight excluding hydrogens is 310 g/mol. The summed E-state index contributed by atoms with van der Waals surface area (Å²) in [4.78, 5) is 13.3. The van der Waals surface area contributed by atoms with Gasteiger partial charge in [-0.15, -0.1) is 0 Å². The van der Waals surface area contributed by atoms with Gasteiger partial charge in [-0.3, -0.25) is 4.79 Å². The molecule has 0 aromatic heterocycles. The van der Waals surface area contributed by atoms with E-state index in [1.54, 1.807) is 13.2 Å². The molecule has 0 bridgehead atoms. The summed E-state index contributed by atoms with van der Waals surface area (Å²) >= 11 is 0. The second-order valence-corrected chi connectivity index (χ2v) is 6.05. The van der Waals surface area contributed by atoms with Crippen molar-refractivity contribution in [3.05, 3.63) is 83.4 Å². The van der Waals surface area contributed by atoms with Crippen LogP contribution in [-0.4, -0.2) is 13.4 Å². The van der Waals surface area contributed by atoms with E-state index in [0.29, 0.717) is 11.3 Å². The van der Waals surface area contributed by atoms with Gasteiger partial charge in [0.05, 0.1) is 12.7 Å². The number of rotatable bonds is 5. The molecule has 0 saturated carbocycles. The van der Waals surface area contributed by atoms with Crippen LogP contribution in [0.3, 0.4) is 0 Å². The molecule has 0 aliphatic carbocycles. The minimum absolute atomic E-state index is 0.541. The summed E-state index contributed by atoms with van der Waals surface area (Å²) in [6.07, 6.45) is 0.810. The average Bonchev–Trinajstić information content (AvgIpc) is 2.65. The molecule has 3 aromatic carbocycles. The quantitative estimate of drug-likeness (QED) is 0.570. The number of hydrogen-bond acceptors (Lipinski definition) is 3. The normalized spacial score (nSPS) is 10.4. The maximum Gasteiger partial charge on any atom is 0.153 e. The van der Waals surface area contributed by atoms with Crippen molar-refractivity contribution >= 4 is 23.3 Å². The lowest BCUT2D eigenvalue weighted by Gasteiger charge is -2.26. The van der Waals surface area contributed by atoms with Crippen LogP contribution in [0, 0.1) is 13.8 Å². The largest absolute Gasteiger partial charge is 0.496 e. The number of ether oxygens (including phenoxy) is 1. The highest BCUT2D eigenvalue weighted by Crippen LogP contribution is 2.36. The maximum atomic E-state index is 11.2. The number of carbonyl (C=O) groups excluding carboxylic acids is 1. The summed E-state index contributed by atoms with van der Waals surface area (Å²) < 4.78 is 5.38. The van der Waals surface area contributed by atoms with Crippen molar-refractivity contribution < 1.29 is 9.53 Å². The molecule has 25 heavy (non-hydrogen) atoms. The molecule has 0 aliphatic heterocycles. The summed E-state index contributed by atoms with van der Waals surface area (Å²) in [7, 11) is 1.58. The molecule has 0 heterocycles. The highest BCUT2D eigenvalue weighted by Gasteiger charge is 2.14. The minimum atomic E-state index is 0.541. The predicted octanol–water partition coefficient (Wildman–Crippen LogP) is 5.59. The molecular formula is C22H21NO2. The van der Waals surface area contributed by atoms with Crippen molar-refractivity contribution in [1.29, 1.82) is 0 Å². The standard InChI is InChI=1S/C22H21NO2/c1-16-4-9-19(10-5-16)23(20-11-6-17(2)7-12-20)21-13-8-18(15-24)22(14-21)25-3/h4-15H,1-3H3. The van der Waals surface area contributed by atoms with Crippen molar-refractivity contribution in [3.63, 3.8) is 0 Å². The summed E-state index contributed by atoms with van der Waals surface area (Å²) in [6.45, 7) is 4.14. The Hall–Kier alpha value is -3.07. The van der Waals surface area contributed by atoms with Gasteiger partial charge in [0.25, 0.3) is 0 Å². The van der Waals surface area contributed by atoms with Gasteiger partial charge in [-0.25, -0.2) is 0 Å². The number of benzene rings is 3. The number of anilines is 3. The second-order valence-electron chi connectivity index (χ2n) is 6.05. The Bertz CT molecular complexity index is 822.